The highest BCUT2D eigenvalue weighted by molar-refractivity contribution is 5.78. The Labute approximate surface area is 162 Å². The Morgan fingerprint density at radius 1 is 1.11 bits per heavy atom. The molecule has 0 bridgehead atoms. The summed E-state index contributed by atoms with van der Waals surface area (Å²) in [5, 5.41) is 4.07. The lowest BCUT2D eigenvalue weighted by atomic mass is 10.1. The van der Waals surface area contributed by atoms with Gasteiger partial charge in [-0.1, -0.05) is 35.0 Å². The van der Waals surface area contributed by atoms with Crippen LogP contribution in [0.2, 0.25) is 0 Å². The van der Waals surface area contributed by atoms with Gasteiger partial charge in [-0.2, -0.15) is 4.98 Å². The zero-order valence-electron chi connectivity index (χ0n) is 15.6. The van der Waals surface area contributed by atoms with Crippen LogP contribution in [0.3, 0.4) is 0 Å². The number of hydrogen-bond acceptors (Lipinski definition) is 6. The summed E-state index contributed by atoms with van der Waals surface area (Å²) in [5.74, 6) is 1.48. The highest BCUT2D eigenvalue weighted by Gasteiger charge is 2.17. The minimum absolute atomic E-state index is 0.00968. The molecular weight excluding hydrogens is 358 g/mol. The lowest BCUT2D eigenvalue weighted by molar-refractivity contribution is -0.137. The Hall–Kier alpha value is -3.19. The van der Waals surface area contributed by atoms with Gasteiger partial charge in [0.1, 0.15) is 5.75 Å². The van der Waals surface area contributed by atoms with Crippen molar-refractivity contribution in [1.29, 1.82) is 0 Å². The molecule has 0 saturated carbocycles. The van der Waals surface area contributed by atoms with Gasteiger partial charge < -0.3 is 18.9 Å². The second-order valence-corrected chi connectivity index (χ2v) is 6.60. The second-order valence-electron chi connectivity index (χ2n) is 6.60. The largest absolute Gasteiger partial charge is 0.484 e. The van der Waals surface area contributed by atoms with E-state index in [2.05, 4.69) is 10.1 Å². The minimum atomic E-state index is -0.0463. The number of benzene rings is 2. The van der Waals surface area contributed by atoms with E-state index in [0.717, 1.165) is 16.7 Å². The Bertz CT molecular complexity index is 964. The molecule has 2 heterocycles. The van der Waals surface area contributed by atoms with Crippen molar-refractivity contribution in [3.8, 4) is 28.6 Å². The Balaban J connectivity index is 1.44. The van der Waals surface area contributed by atoms with Gasteiger partial charge in [0.2, 0.25) is 5.82 Å². The van der Waals surface area contributed by atoms with Crippen molar-refractivity contribution in [2.75, 3.05) is 32.9 Å². The lowest BCUT2D eigenvalue weighted by Gasteiger charge is -2.26. The summed E-state index contributed by atoms with van der Waals surface area (Å²) in [6.07, 6.45) is 0. The maximum Gasteiger partial charge on any atom is 0.260 e. The van der Waals surface area contributed by atoms with Crippen molar-refractivity contribution in [2.24, 2.45) is 0 Å². The van der Waals surface area contributed by atoms with Crippen molar-refractivity contribution in [3.63, 3.8) is 0 Å². The quantitative estimate of drug-likeness (QED) is 0.678. The molecular formula is C21H21N3O4. The van der Waals surface area contributed by atoms with E-state index in [1.54, 1.807) is 17.0 Å². The molecule has 144 valence electrons. The molecule has 1 saturated heterocycles. The topological polar surface area (TPSA) is 77.7 Å². The molecule has 7 nitrogen and oxygen atoms in total. The van der Waals surface area contributed by atoms with Crippen LogP contribution >= 0.6 is 0 Å². The van der Waals surface area contributed by atoms with Gasteiger partial charge in [-0.15, -0.1) is 0 Å². The van der Waals surface area contributed by atoms with Crippen LogP contribution in [0, 0.1) is 6.92 Å². The first-order valence-electron chi connectivity index (χ1n) is 9.18. The van der Waals surface area contributed by atoms with Gasteiger partial charge in [-0.25, -0.2) is 0 Å². The number of amides is 1. The van der Waals surface area contributed by atoms with Crippen LogP contribution in [0.5, 0.6) is 5.75 Å². The smallest absolute Gasteiger partial charge is 0.260 e. The lowest BCUT2D eigenvalue weighted by Crippen LogP contribution is -2.42. The van der Waals surface area contributed by atoms with Crippen molar-refractivity contribution in [1.82, 2.24) is 15.0 Å². The molecule has 0 aliphatic carbocycles. The monoisotopic (exact) mass is 379 g/mol. The SMILES string of the molecule is Cc1cccc(-c2nc(-c3cccc(OCC(=O)N4CCOCC4)c3)no2)c1. The number of rotatable bonds is 5. The first kappa shape index (κ1) is 18.2. The molecule has 0 atom stereocenters. The number of carbonyl (C=O) groups is 1. The van der Waals surface area contributed by atoms with E-state index < -0.39 is 0 Å². The van der Waals surface area contributed by atoms with E-state index in [-0.39, 0.29) is 12.5 Å². The summed E-state index contributed by atoms with van der Waals surface area (Å²) < 4.78 is 16.3. The van der Waals surface area contributed by atoms with E-state index in [4.69, 9.17) is 14.0 Å². The molecule has 4 rings (SSSR count). The summed E-state index contributed by atoms with van der Waals surface area (Å²) >= 11 is 0. The molecule has 0 spiro atoms. The Morgan fingerprint density at radius 2 is 1.89 bits per heavy atom. The summed E-state index contributed by atoms with van der Waals surface area (Å²) in [6, 6.07) is 15.2. The highest BCUT2D eigenvalue weighted by atomic mass is 16.5. The van der Waals surface area contributed by atoms with Crippen LogP contribution < -0.4 is 4.74 Å². The first-order chi connectivity index (χ1) is 13.7. The van der Waals surface area contributed by atoms with Crippen LogP contribution in [0.1, 0.15) is 5.56 Å². The summed E-state index contributed by atoms with van der Waals surface area (Å²) in [6.45, 7) is 4.36. The highest BCUT2D eigenvalue weighted by Crippen LogP contribution is 2.25. The fourth-order valence-corrected chi connectivity index (χ4v) is 3.01. The molecule has 1 aliphatic heterocycles. The fourth-order valence-electron chi connectivity index (χ4n) is 3.01. The van der Waals surface area contributed by atoms with Crippen molar-refractivity contribution >= 4 is 5.91 Å². The average Bonchev–Trinajstić information content (AvgIpc) is 3.23. The number of aromatic nitrogens is 2. The molecule has 1 aliphatic rings. The summed E-state index contributed by atoms with van der Waals surface area (Å²) in [7, 11) is 0. The van der Waals surface area contributed by atoms with Gasteiger partial charge in [-0.05, 0) is 31.2 Å². The standard InChI is InChI=1S/C21H21N3O4/c1-15-4-2-6-17(12-15)21-22-20(23-28-21)16-5-3-7-18(13-16)27-14-19(25)24-8-10-26-11-9-24/h2-7,12-13H,8-11,14H2,1H3. The third-order valence-corrected chi connectivity index (χ3v) is 4.51. The fraction of sp³-hybridized carbons (Fsp3) is 0.286. The molecule has 1 amide bonds. The second kappa shape index (κ2) is 8.22. The number of morpholine rings is 1. The molecule has 2 aromatic carbocycles. The number of aryl methyl sites for hydroxylation is 1. The molecule has 0 radical (unpaired) electrons. The van der Waals surface area contributed by atoms with Crippen molar-refractivity contribution in [2.45, 2.75) is 6.92 Å². The van der Waals surface area contributed by atoms with Gasteiger partial charge in [-0.3, -0.25) is 4.79 Å². The van der Waals surface area contributed by atoms with Gasteiger partial charge in [0.25, 0.3) is 11.8 Å². The number of hydrogen-bond donors (Lipinski definition) is 0. The van der Waals surface area contributed by atoms with Gasteiger partial charge in [0, 0.05) is 24.2 Å². The Kier molecular flexibility index (Phi) is 5.34. The molecule has 0 unspecified atom stereocenters. The average molecular weight is 379 g/mol. The van der Waals surface area contributed by atoms with E-state index in [9.17, 15) is 4.79 Å². The first-order valence-corrected chi connectivity index (χ1v) is 9.18. The predicted molar refractivity (Wildman–Crippen MR) is 103 cm³/mol. The van der Waals surface area contributed by atoms with E-state index in [1.165, 1.54) is 0 Å². The molecule has 28 heavy (non-hydrogen) atoms. The number of carbonyl (C=O) groups excluding carboxylic acids is 1. The van der Waals surface area contributed by atoms with Crippen LogP contribution in [0.15, 0.2) is 53.1 Å². The van der Waals surface area contributed by atoms with Crippen LogP contribution in [0.25, 0.3) is 22.8 Å². The van der Waals surface area contributed by atoms with E-state index in [0.29, 0.717) is 43.8 Å². The summed E-state index contributed by atoms with van der Waals surface area (Å²) in [4.78, 5) is 18.4. The van der Waals surface area contributed by atoms with Crippen LogP contribution in [0.4, 0.5) is 0 Å². The van der Waals surface area contributed by atoms with Crippen molar-refractivity contribution in [3.05, 3.63) is 54.1 Å². The van der Waals surface area contributed by atoms with Gasteiger partial charge in [0.05, 0.1) is 13.2 Å². The molecule has 0 N–H and O–H groups in total. The third kappa shape index (κ3) is 4.20. The molecule has 1 fully saturated rings. The summed E-state index contributed by atoms with van der Waals surface area (Å²) in [5.41, 5.74) is 2.76. The Morgan fingerprint density at radius 3 is 2.71 bits per heavy atom. The molecule has 7 heteroatoms. The maximum atomic E-state index is 12.2. The number of ether oxygens (including phenoxy) is 2. The van der Waals surface area contributed by atoms with Gasteiger partial charge in [0.15, 0.2) is 6.61 Å². The van der Waals surface area contributed by atoms with E-state index in [1.807, 2.05) is 43.3 Å². The van der Waals surface area contributed by atoms with E-state index >= 15 is 0 Å². The predicted octanol–water partition coefficient (Wildman–Crippen LogP) is 2.95. The van der Waals surface area contributed by atoms with Crippen LogP contribution in [-0.4, -0.2) is 53.9 Å². The third-order valence-electron chi connectivity index (χ3n) is 4.51. The van der Waals surface area contributed by atoms with Crippen molar-refractivity contribution < 1.29 is 18.8 Å². The zero-order chi connectivity index (χ0) is 19.3. The van der Waals surface area contributed by atoms with Gasteiger partial charge >= 0.3 is 0 Å². The zero-order valence-corrected chi connectivity index (χ0v) is 15.6. The minimum Gasteiger partial charge on any atom is -0.484 e. The molecule has 3 aromatic rings. The normalized spacial score (nSPS) is 14.1. The van der Waals surface area contributed by atoms with Crippen LogP contribution in [-0.2, 0) is 9.53 Å². The maximum absolute atomic E-state index is 12.2. The number of nitrogens with zero attached hydrogens (tertiary/aromatic N) is 3. The molecule has 1 aromatic heterocycles.